The van der Waals surface area contributed by atoms with Gasteiger partial charge in [-0.15, -0.1) is 0 Å². The van der Waals surface area contributed by atoms with Crippen molar-refractivity contribution >= 4 is 53.2 Å². The number of nitrogens with two attached hydrogens (primary N) is 3. The first-order chi connectivity index (χ1) is 18.6. The van der Waals surface area contributed by atoms with Crippen LogP contribution in [-0.4, -0.2) is 87.7 Å². The molecule has 4 unspecified atom stereocenters. The van der Waals surface area contributed by atoms with Crippen LogP contribution >= 0.6 is 12.6 Å². The Kier molecular flexibility index (Phi) is 10.6. The number of carboxylic acid groups (broad SMARTS) is 1. The minimum absolute atomic E-state index is 0.0534. The quantitative estimate of drug-likeness (QED) is 0.0659. The Morgan fingerprint density at radius 1 is 1.15 bits per heavy atom. The zero-order valence-corrected chi connectivity index (χ0v) is 22.4. The Bertz CT molecular complexity index is 1210. The average Bonchev–Trinajstić information content (AvgIpc) is 3.56. The van der Waals surface area contributed by atoms with Crippen LogP contribution in [0.4, 0.5) is 0 Å². The molecule has 4 atom stereocenters. The average molecular weight is 561 g/mol. The molecule has 0 spiro atoms. The molecule has 1 aromatic heterocycles. The number of aliphatic carboxylic acids is 1. The number of guanidine groups is 1. The third-order valence-corrected chi connectivity index (χ3v) is 7.01. The number of benzene rings is 1. The SMILES string of the molecule is NC(N)=NCCCC(NC(=O)C(N)Cc1c[nH]c2ccccc12)C(=O)NC(CS)C(=O)N1CCCC1C(=O)O. The van der Waals surface area contributed by atoms with E-state index in [1.54, 1.807) is 6.20 Å². The first kappa shape index (κ1) is 29.8. The molecule has 1 aliphatic heterocycles. The van der Waals surface area contributed by atoms with Gasteiger partial charge in [-0.25, -0.2) is 4.79 Å². The number of carboxylic acids is 1. The van der Waals surface area contributed by atoms with E-state index in [4.69, 9.17) is 17.2 Å². The van der Waals surface area contributed by atoms with Gasteiger partial charge in [0.1, 0.15) is 18.1 Å². The highest BCUT2D eigenvalue weighted by atomic mass is 32.1. The molecule has 3 amide bonds. The van der Waals surface area contributed by atoms with Crippen LogP contribution in [0.5, 0.6) is 0 Å². The second-order valence-corrected chi connectivity index (χ2v) is 9.82. The summed E-state index contributed by atoms with van der Waals surface area (Å²) in [6.45, 7) is 0.504. The summed E-state index contributed by atoms with van der Waals surface area (Å²) >= 11 is 4.20. The Morgan fingerprint density at radius 2 is 1.87 bits per heavy atom. The van der Waals surface area contributed by atoms with E-state index >= 15 is 0 Å². The molecule has 39 heavy (non-hydrogen) atoms. The van der Waals surface area contributed by atoms with Crippen molar-refractivity contribution in [2.45, 2.75) is 56.3 Å². The van der Waals surface area contributed by atoms with Crippen LogP contribution in [0.1, 0.15) is 31.2 Å². The van der Waals surface area contributed by atoms with Gasteiger partial charge in [-0.3, -0.25) is 19.4 Å². The molecule has 1 saturated heterocycles. The number of carbonyl (C=O) groups excluding carboxylic acids is 3. The minimum Gasteiger partial charge on any atom is -0.480 e. The van der Waals surface area contributed by atoms with Crippen LogP contribution in [0.15, 0.2) is 35.5 Å². The lowest BCUT2D eigenvalue weighted by Crippen LogP contribution is -2.57. The summed E-state index contributed by atoms with van der Waals surface area (Å²) in [6.07, 6.45) is 3.45. The van der Waals surface area contributed by atoms with Crippen molar-refractivity contribution in [1.82, 2.24) is 20.5 Å². The number of fused-ring (bicyclic) bond motifs is 1. The van der Waals surface area contributed by atoms with E-state index in [-0.39, 0.29) is 37.6 Å². The number of H-pyrrole nitrogens is 1. The van der Waals surface area contributed by atoms with Gasteiger partial charge in [0.2, 0.25) is 17.7 Å². The van der Waals surface area contributed by atoms with Crippen molar-refractivity contribution in [3.63, 3.8) is 0 Å². The highest BCUT2D eigenvalue weighted by Gasteiger charge is 2.38. The van der Waals surface area contributed by atoms with Crippen molar-refractivity contribution in [2.24, 2.45) is 22.2 Å². The molecule has 0 saturated carbocycles. The topological polar surface area (TPSA) is 222 Å². The van der Waals surface area contributed by atoms with Gasteiger partial charge >= 0.3 is 5.97 Å². The third kappa shape index (κ3) is 7.86. The van der Waals surface area contributed by atoms with Gasteiger partial charge < -0.3 is 42.8 Å². The molecule has 10 N–H and O–H groups in total. The molecular weight excluding hydrogens is 524 g/mol. The number of nitrogens with one attached hydrogen (secondary N) is 3. The van der Waals surface area contributed by atoms with E-state index in [2.05, 4.69) is 33.2 Å². The van der Waals surface area contributed by atoms with Crippen molar-refractivity contribution in [3.05, 3.63) is 36.0 Å². The number of nitrogens with zero attached hydrogens (tertiary/aromatic N) is 2. The van der Waals surface area contributed by atoms with E-state index in [0.717, 1.165) is 16.5 Å². The lowest BCUT2D eigenvalue weighted by molar-refractivity contribution is -0.149. The number of para-hydroxylation sites is 1. The van der Waals surface area contributed by atoms with Crippen LogP contribution in [0.25, 0.3) is 10.9 Å². The monoisotopic (exact) mass is 560 g/mol. The maximum atomic E-state index is 13.2. The minimum atomic E-state index is -1.10. The fourth-order valence-corrected chi connectivity index (χ4v) is 4.87. The van der Waals surface area contributed by atoms with E-state index in [1.807, 2.05) is 24.3 Å². The second kappa shape index (κ2) is 13.8. The zero-order valence-electron chi connectivity index (χ0n) is 21.5. The van der Waals surface area contributed by atoms with Gasteiger partial charge in [0.25, 0.3) is 0 Å². The molecule has 2 aromatic rings. The van der Waals surface area contributed by atoms with E-state index in [0.29, 0.717) is 19.3 Å². The normalized spacial score (nSPS) is 17.3. The maximum Gasteiger partial charge on any atom is 0.326 e. The van der Waals surface area contributed by atoms with Crippen LogP contribution in [0, 0.1) is 0 Å². The van der Waals surface area contributed by atoms with Crippen molar-refractivity contribution in [1.29, 1.82) is 0 Å². The van der Waals surface area contributed by atoms with E-state index in [9.17, 15) is 24.3 Å². The fourth-order valence-electron chi connectivity index (χ4n) is 4.63. The Balaban J connectivity index is 1.68. The largest absolute Gasteiger partial charge is 0.480 e. The Morgan fingerprint density at radius 3 is 2.56 bits per heavy atom. The molecule has 3 rings (SSSR count). The highest BCUT2D eigenvalue weighted by molar-refractivity contribution is 7.80. The summed E-state index contributed by atoms with van der Waals surface area (Å²) in [5.41, 5.74) is 18.7. The third-order valence-electron chi connectivity index (χ3n) is 6.65. The Labute approximate surface area is 231 Å². The van der Waals surface area contributed by atoms with Gasteiger partial charge in [-0.1, -0.05) is 18.2 Å². The maximum absolute atomic E-state index is 13.2. The van der Waals surface area contributed by atoms with E-state index < -0.39 is 47.9 Å². The summed E-state index contributed by atoms with van der Waals surface area (Å²) < 4.78 is 0. The van der Waals surface area contributed by atoms with Crippen molar-refractivity contribution in [2.75, 3.05) is 18.8 Å². The number of aliphatic imine (C=N–C) groups is 1. The number of rotatable bonds is 13. The summed E-state index contributed by atoms with van der Waals surface area (Å²) in [7, 11) is 0. The zero-order chi connectivity index (χ0) is 28.5. The molecule has 0 bridgehead atoms. The first-order valence-corrected chi connectivity index (χ1v) is 13.4. The number of aromatic amines is 1. The predicted octanol–water partition coefficient (Wildman–Crippen LogP) is -0.934. The number of amides is 3. The van der Waals surface area contributed by atoms with Crippen LogP contribution in [0.3, 0.4) is 0 Å². The first-order valence-electron chi connectivity index (χ1n) is 12.7. The van der Waals surface area contributed by atoms with Gasteiger partial charge in [0, 0.05) is 35.9 Å². The molecule has 14 heteroatoms. The second-order valence-electron chi connectivity index (χ2n) is 9.45. The number of likely N-dealkylation sites (tertiary alicyclic amines) is 1. The standard InChI is InChI=1S/C25H36N8O5S/c26-16(11-14-12-30-17-6-2-1-5-15(14)17)21(34)31-18(7-3-9-29-25(27)28)22(35)32-19(13-39)23(36)33-10-4-8-20(33)24(37)38/h1-2,5-6,12,16,18-20,30,39H,3-4,7-11,13,26H2,(H,31,34)(H,32,35)(H,37,38)(H4,27,28,29). The number of hydrogen-bond donors (Lipinski definition) is 8. The smallest absolute Gasteiger partial charge is 0.326 e. The van der Waals surface area contributed by atoms with Gasteiger partial charge in [0.15, 0.2) is 5.96 Å². The molecule has 2 heterocycles. The highest BCUT2D eigenvalue weighted by Crippen LogP contribution is 2.20. The molecule has 1 fully saturated rings. The fraction of sp³-hybridized carbons (Fsp3) is 0.480. The molecule has 0 aliphatic carbocycles. The van der Waals surface area contributed by atoms with Crippen molar-refractivity contribution in [3.8, 4) is 0 Å². The summed E-state index contributed by atoms with van der Waals surface area (Å²) in [6, 6.07) is 3.63. The molecule has 1 aromatic carbocycles. The van der Waals surface area contributed by atoms with Crippen LogP contribution in [-0.2, 0) is 25.6 Å². The molecule has 13 nitrogen and oxygen atoms in total. The number of hydrogen-bond acceptors (Lipinski definition) is 7. The summed E-state index contributed by atoms with van der Waals surface area (Å²) in [5.74, 6) is -2.95. The van der Waals surface area contributed by atoms with Gasteiger partial charge in [0.05, 0.1) is 6.04 Å². The number of thiol groups is 1. The molecule has 212 valence electrons. The lowest BCUT2D eigenvalue weighted by atomic mass is 10.0. The lowest BCUT2D eigenvalue weighted by Gasteiger charge is -2.28. The Hall–Kier alpha value is -3.78. The van der Waals surface area contributed by atoms with Crippen LogP contribution < -0.4 is 27.8 Å². The molecule has 1 aliphatic rings. The van der Waals surface area contributed by atoms with Crippen LogP contribution in [0.2, 0.25) is 0 Å². The van der Waals surface area contributed by atoms with Gasteiger partial charge in [-0.2, -0.15) is 12.6 Å². The van der Waals surface area contributed by atoms with Crippen molar-refractivity contribution < 1.29 is 24.3 Å². The molecular formula is C25H36N8O5S. The molecule has 0 radical (unpaired) electrons. The van der Waals surface area contributed by atoms with Gasteiger partial charge in [-0.05, 0) is 43.7 Å². The summed E-state index contributed by atoms with van der Waals surface area (Å²) in [4.78, 5) is 59.1. The van der Waals surface area contributed by atoms with E-state index in [1.165, 1.54) is 4.90 Å². The summed E-state index contributed by atoms with van der Waals surface area (Å²) in [5, 5.41) is 15.7. The number of aromatic nitrogens is 1. The number of carbonyl (C=O) groups is 4. The predicted molar refractivity (Wildman–Crippen MR) is 150 cm³/mol.